The van der Waals surface area contributed by atoms with Crippen molar-refractivity contribution < 1.29 is 9.59 Å². The first kappa shape index (κ1) is 21.5. The Hall–Kier alpha value is -3.68. The van der Waals surface area contributed by atoms with Crippen molar-refractivity contribution in [2.75, 3.05) is 17.6 Å². The molecule has 1 fully saturated rings. The van der Waals surface area contributed by atoms with Crippen molar-refractivity contribution in [3.8, 4) is 0 Å². The number of anilines is 2. The van der Waals surface area contributed by atoms with Crippen LogP contribution in [0.3, 0.4) is 0 Å². The van der Waals surface area contributed by atoms with Crippen molar-refractivity contribution in [1.29, 1.82) is 0 Å². The van der Waals surface area contributed by atoms with Crippen molar-refractivity contribution in [1.82, 2.24) is 14.9 Å². The van der Waals surface area contributed by atoms with Gasteiger partial charge in [0.15, 0.2) is 0 Å². The van der Waals surface area contributed by atoms with Crippen LogP contribution in [-0.4, -0.2) is 33.2 Å². The molecule has 8 heteroatoms. The molecule has 2 atom stereocenters. The number of likely N-dealkylation sites (tertiary alicyclic amines) is 1. The molecule has 2 amide bonds. The number of carbonyl (C=O) groups excluding carboxylic acids is 2. The van der Waals surface area contributed by atoms with Crippen LogP contribution in [0.25, 0.3) is 10.9 Å². The van der Waals surface area contributed by atoms with Crippen LogP contribution in [0, 0.1) is 5.92 Å². The first-order valence-corrected chi connectivity index (χ1v) is 10.8. The number of fused-ring (bicyclic) bond motifs is 1. The Balaban J connectivity index is 1.59. The number of aryl methyl sites for hydroxylation is 1. The molecule has 1 saturated heterocycles. The lowest BCUT2D eigenvalue weighted by molar-refractivity contribution is -0.146. The van der Waals surface area contributed by atoms with Gasteiger partial charge in [-0.3, -0.25) is 14.4 Å². The number of carbonyl (C=O) groups is 2. The molecule has 1 aliphatic heterocycles. The van der Waals surface area contributed by atoms with E-state index >= 15 is 0 Å². The highest BCUT2D eigenvalue weighted by molar-refractivity contribution is 6.39. The third kappa shape index (κ3) is 4.34. The van der Waals surface area contributed by atoms with E-state index in [1.165, 1.54) is 12.3 Å². The predicted molar refractivity (Wildman–Crippen MR) is 124 cm³/mol. The van der Waals surface area contributed by atoms with Gasteiger partial charge in [0.2, 0.25) is 5.56 Å². The Morgan fingerprint density at radius 1 is 1.22 bits per heavy atom. The van der Waals surface area contributed by atoms with Crippen LogP contribution in [0.2, 0.25) is 0 Å². The smallest absolute Gasteiger partial charge is 0.313 e. The van der Waals surface area contributed by atoms with Crippen molar-refractivity contribution >= 4 is 34.2 Å². The van der Waals surface area contributed by atoms with E-state index in [0.717, 1.165) is 34.9 Å². The van der Waals surface area contributed by atoms with Gasteiger partial charge in [-0.1, -0.05) is 19.9 Å². The van der Waals surface area contributed by atoms with Gasteiger partial charge in [0.25, 0.3) is 0 Å². The van der Waals surface area contributed by atoms with Gasteiger partial charge in [0, 0.05) is 18.1 Å². The third-order valence-corrected chi connectivity index (χ3v) is 6.05. The summed E-state index contributed by atoms with van der Waals surface area (Å²) in [4.78, 5) is 46.1. The van der Waals surface area contributed by atoms with Gasteiger partial charge in [0.1, 0.15) is 5.82 Å². The van der Waals surface area contributed by atoms with Crippen LogP contribution in [-0.2, 0) is 16.0 Å². The summed E-state index contributed by atoms with van der Waals surface area (Å²) in [6, 6.07) is 10.5. The molecule has 3 aromatic rings. The third-order valence-electron chi connectivity index (χ3n) is 6.05. The molecule has 0 radical (unpaired) electrons. The Kier molecular flexibility index (Phi) is 5.94. The average Bonchev–Trinajstić information content (AvgIpc) is 2.79. The number of nitrogens with zero attached hydrogens (tertiary/aromatic N) is 2. The highest BCUT2D eigenvalue weighted by Crippen LogP contribution is 2.34. The highest BCUT2D eigenvalue weighted by atomic mass is 16.2. The van der Waals surface area contributed by atoms with Gasteiger partial charge in [-0.25, -0.2) is 4.98 Å². The zero-order valence-electron chi connectivity index (χ0n) is 18.2. The standard InChI is InChI=1S/C24H27N5O3/c1-3-15-11-18(12-26-22(15)25)27-23(31)24(32)29-13-14(2)4-8-20(29)17-5-7-19-16(10-17)6-9-21(30)28-19/h5-7,9-12,14,20H,3-4,8,13H2,1-2H3,(H2,25,26)(H,27,31)(H,28,30)/t14-,20?/m0/s1. The van der Waals surface area contributed by atoms with E-state index in [-0.39, 0.29) is 11.6 Å². The van der Waals surface area contributed by atoms with E-state index in [0.29, 0.717) is 30.4 Å². The summed E-state index contributed by atoms with van der Waals surface area (Å²) in [5.74, 6) is -0.551. The summed E-state index contributed by atoms with van der Waals surface area (Å²) in [5, 5.41) is 3.56. The number of amides is 2. The molecule has 4 N–H and O–H groups in total. The fraction of sp³-hybridized carbons (Fsp3) is 0.333. The molecule has 0 spiro atoms. The summed E-state index contributed by atoms with van der Waals surface area (Å²) in [5.41, 5.74) is 8.62. The lowest BCUT2D eigenvalue weighted by Crippen LogP contribution is -2.46. The van der Waals surface area contributed by atoms with Gasteiger partial charge < -0.3 is 20.9 Å². The number of H-pyrrole nitrogens is 1. The maximum absolute atomic E-state index is 13.2. The summed E-state index contributed by atoms with van der Waals surface area (Å²) in [6.45, 7) is 4.53. The molecule has 166 valence electrons. The van der Waals surface area contributed by atoms with Crippen LogP contribution in [0.4, 0.5) is 11.5 Å². The van der Waals surface area contributed by atoms with E-state index in [2.05, 4.69) is 22.2 Å². The monoisotopic (exact) mass is 433 g/mol. The van der Waals surface area contributed by atoms with Gasteiger partial charge in [-0.05, 0) is 66.0 Å². The van der Waals surface area contributed by atoms with Crippen LogP contribution < -0.4 is 16.6 Å². The highest BCUT2D eigenvalue weighted by Gasteiger charge is 2.34. The number of hydrogen-bond acceptors (Lipinski definition) is 5. The summed E-state index contributed by atoms with van der Waals surface area (Å²) >= 11 is 0. The average molecular weight is 434 g/mol. The van der Waals surface area contributed by atoms with Crippen LogP contribution in [0.5, 0.6) is 0 Å². The first-order chi connectivity index (χ1) is 15.4. The lowest BCUT2D eigenvalue weighted by Gasteiger charge is -2.38. The van der Waals surface area contributed by atoms with Crippen molar-refractivity contribution in [2.24, 2.45) is 5.92 Å². The molecule has 32 heavy (non-hydrogen) atoms. The normalized spacial score (nSPS) is 18.5. The molecule has 1 aromatic carbocycles. The van der Waals surface area contributed by atoms with E-state index in [4.69, 9.17) is 5.73 Å². The van der Waals surface area contributed by atoms with Gasteiger partial charge in [0.05, 0.1) is 17.9 Å². The van der Waals surface area contributed by atoms with Crippen LogP contribution in [0.15, 0.2) is 47.4 Å². The molecular weight excluding hydrogens is 406 g/mol. The molecule has 1 unspecified atom stereocenters. The largest absolute Gasteiger partial charge is 0.383 e. The summed E-state index contributed by atoms with van der Waals surface area (Å²) in [7, 11) is 0. The molecule has 0 saturated carbocycles. The minimum atomic E-state index is -0.692. The predicted octanol–water partition coefficient (Wildman–Crippen LogP) is 3.01. The zero-order valence-corrected chi connectivity index (χ0v) is 18.2. The van der Waals surface area contributed by atoms with Crippen LogP contribution >= 0.6 is 0 Å². The van der Waals surface area contributed by atoms with Gasteiger partial charge >= 0.3 is 11.8 Å². The Bertz CT molecular complexity index is 1240. The fourth-order valence-electron chi connectivity index (χ4n) is 4.29. The van der Waals surface area contributed by atoms with E-state index in [1.54, 1.807) is 17.0 Å². The Morgan fingerprint density at radius 3 is 2.81 bits per heavy atom. The molecule has 1 aliphatic rings. The van der Waals surface area contributed by atoms with Crippen molar-refractivity contribution in [2.45, 2.75) is 39.2 Å². The Morgan fingerprint density at radius 2 is 2.03 bits per heavy atom. The SMILES string of the molecule is CCc1cc(NC(=O)C(=O)N2C[C@@H](C)CCC2c2ccc3[nH]c(=O)ccc3c2)cnc1N. The number of aromatic amines is 1. The maximum Gasteiger partial charge on any atom is 0.313 e. The summed E-state index contributed by atoms with van der Waals surface area (Å²) in [6.07, 6.45) is 3.86. The number of nitrogen functional groups attached to an aromatic ring is 1. The number of piperidine rings is 1. The molecule has 4 rings (SSSR count). The molecule has 0 aliphatic carbocycles. The fourth-order valence-corrected chi connectivity index (χ4v) is 4.29. The minimum Gasteiger partial charge on any atom is -0.383 e. The number of nitrogens with one attached hydrogen (secondary N) is 2. The number of benzene rings is 1. The summed E-state index contributed by atoms with van der Waals surface area (Å²) < 4.78 is 0. The number of rotatable bonds is 3. The topological polar surface area (TPSA) is 121 Å². The van der Waals surface area contributed by atoms with E-state index < -0.39 is 11.8 Å². The van der Waals surface area contributed by atoms with Gasteiger partial charge in [-0.15, -0.1) is 0 Å². The van der Waals surface area contributed by atoms with E-state index in [1.807, 2.05) is 25.1 Å². The van der Waals surface area contributed by atoms with Crippen molar-refractivity contribution in [3.05, 3.63) is 64.1 Å². The minimum absolute atomic E-state index is 0.159. The maximum atomic E-state index is 13.2. The van der Waals surface area contributed by atoms with Crippen LogP contribution in [0.1, 0.15) is 43.9 Å². The molecule has 3 heterocycles. The second-order valence-corrected chi connectivity index (χ2v) is 8.40. The number of pyridine rings is 2. The zero-order chi connectivity index (χ0) is 22.8. The number of aromatic nitrogens is 2. The van der Waals surface area contributed by atoms with Crippen molar-refractivity contribution in [3.63, 3.8) is 0 Å². The Labute approximate surface area is 185 Å². The molecular formula is C24H27N5O3. The molecule has 2 aromatic heterocycles. The molecule has 0 bridgehead atoms. The second-order valence-electron chi connectivity index (χ2n) is 8.40. The van der Waals surface area contributed by atoms with E-state index in [9.17, 15) is 14.4 Å². The second kappa shape index (κ2) is 8.82. The quantitative estimate of drug-likeness (QED) is 0.548. The molecule has 8 nitrogen and oxygen atoms in total. The number of hydrogen-bond donors (Lipinski definition) is 3. The first-order valence-electron chi connectivity index (χ1n) is 10.8. The lowest BCUT2D eigenvalue weighted by atomic mass is 9.89. The number of nitrogens with two attached hydrogens (primary N) is 1. The van der Waals surface area contributed by atoms with Gasteiger partial charge in [-0.2, -0.15) is 0 Å².